The van der Waals surface area contributed by atoms with Gasteiger partial charge in [-0.05, 0) is 29.7 Å². The van der Waals surface area contributed by atoms with Gasteiger partial charge in [0.05, 0.1) is 12.1 Å². The zero-order valence-corrected chi connectivity index (χ0v) is 14.9. The van der Waals surface area contributed by atoms with Gasteiger partial charge in [0.15, 0.2) is 11.6 Å². The van der Waals surface area contributed by atoms with Gasteiger partial charge in [-0.25, -0.2) is 8.78 Å². The fourth-order valence-electron chi connectivity index (χ4n) is 2.48. The molecule has 1 amide bonds. The van der Waals surface area contributed by atoms with Crippen molar-refractivity contribution in [3.05, 3.63) is 52.9 Å². The average Bonchev–Trinajstić information content (AvgIpc) is 2.96. The maximum atomic E-state index is 13.4. The largest absolute Gasteiger partial charge is 0.481 e. The molecular formula is C18H21F2N3O3. The molecule has 1 heterocycles. The second kappa shape index (κ2) is 8.07. The van der Waals surface area contributed by atoms with Gasteiger partial charge in [-0.2, -0.15) is 5.10 Å². The first-order chi connectivity index (χ1) is 12.2. The Labute approximate surface area is 150 Å². The van der Waals surface area contributed by atoms with E-state index in [9.17, 15) is 18.4 Å². The van der Waals surface area contributed by atoms with E-state index < -0.39 is 23.5 Å². The van der Waals surface area contributed by atoms with Crippen LogP contribution in [0.4, 0.5) is 8.78 Å². The topological polar surface area (TPSA) is 75.4 Å². The summed E-state index contributed by atoms with van der Waals surface area (Å²) in [4.78, 5) is 25.1. The molecule has 1 aromatic carbocycles. The van der Waals surface area contributed by atoms with Crippen molar-refractivity contribution < 1.29 is 23.5 Å². The number of aliphatic carboxylic acids is 1. The first-order valence-corrected chi connectivity index (χ1v) is 8.18. The number of carboxylic acid groups (broad SMARTS) is 1. The smallest absolute Gasteiger partial charge is 0.305 e. The van der Waals surface area contributed by atoms with E-state index in [0.717, 1.165) is 17.8 Å². The Morgan fingerprint density at radius 3 is 2.46 bits per heavy atom. The van der Waals surface area contributed by atoms with Gasteiger partial charge in [-0.1, -0.05) is 19.9 Å². The molecule has 0 spiro atoms. The van der Waals surface area contributed by atoms with Crippen LogP contribution in [0.25, 0.3) is 0 Å². The van der Waals surface area contributed by atoms with Crippen LogP contribution in [0.15, 0.2) is 24.3 Å². The minimum atomic E-state index is -1.05. The van der Waals surface area contributed by atoms with Crippen LogP contribution in [0.5, 0.6) is 0 Å². The predicted molar refractivity (Wildman–Crippen MR) is 90.6 cm³/mol. The summed E-state index contributed by atoms with van der Waals surface area (Å²) in [7, 11) is 1.63. The number of carboxylic acids is 1. The molecule has 0 bridgehead atoms. The van der Waals surface area contributed by atoms with E-state index in [4.69, 9.17) is 5.11 Å². The van der Waals surface area contributed by atoms with Crippen LogP contribution in [0.3, 0.4) is 0 Å². The fraction of sp³-hybridized carbons (Fsp3) is 0.389. The summed E-state index contributed by atoms with van der Waals surface area (Å²) in [5.74, 6) is -3.35. The lowest BCUT2D eigenvalue weighted by atomic mass is 10.1. The van der Waals surface area contributed by atoms with Gasteiger partial charge in [-0.15, -0.1) is 0 Å². The molecule has 0 radical (unpaired) electrons. The molecule has 2 rings (SSSR count). The van der Waals surface area contributed by atoms with Crippen molar-refractivity contribution >= 4 is 11.9 Å². The highest BCUT2D eigenvalue weighted by Crippen LogP contribution is 2.17. The zero-order chi connectivity index (χ0) is 19.4. The molecule has 1 N–H and O–H groups in total. The summed E-state index contributed by atoms with van der Waals surface area (Å²) in [5, 5.41) is 13.2. The Hall–Kier alpha value is -2.77. The average molecular weight is 365 g/mol. The van der Waals surface area contributed by atoms with E-state index >= 15 is 0 Å². The minimum absolute atomic E-state index is 0.0362. The summed E-state index contributed by atoms with van der Waals surface area (Å²) >= 11 is 0. The molecule has 0 aliphatic carbocycles. The normalized spacial score (nSPS) is 11.0. The lowest BCUT2D eigenvalue weighted by Crippen LogP contribution is -2.34. The van der Waals surface area contributed by atoms with E-state index in [-0.39, 0.29) is 25.4 Å². The lowest BCUT2D eigenvalue weighted by molar-refractivity contribution is -0.137. The van der Waals surface area contributed by atoms with Crippen molar-refractivity contribution in [1.82, 2.24) is 14.7 Å². The van der Waals surface area contributed by atoms with Gasteiger partial charge in [0.25, 0.3) is 5.91 Å². The standard InChI is InChI=1S/C18H21F2N3O3/c1-11(2)15-9-16(22(3)21-15)18(26)23(7-6-17(24)25)10-12-4-5-13(19)14(20)8-12/h4-5,8-9,11H,6-7,10H2,1-3H3,(H,24,25). The highest BCUT2D eigenvalue weighted by atomic mass is 19.2. The summed E-state index contributed by atoms with van der Waals surface area (Å²) in [6.07, 6.45) is -0.260. The maximum absolute atomic E-state index is 13.4. The molecule has 8 heteroatoms. The number of carbonyl (C=O) groups excluding carboxylic acids is 1. The van der Waals surface area contributed by atoms with Crippen LogP contribution in [-0.2, 0) is 18.4 Å². The van der Waals surface area contributed by atoms with Gasteiger partial charge in [0, 0.05) is 20.1 Å². The highest BCUT2D eigenvalue weighted by Gasteiger charge is 2.22. The predicted octanol–water partition coefficient (Wildman–Crippen LogP) is 2.94. The van der Waals surface area contributed by atoms with Gasteiger partial charge in [0.1, 0.15) is 5.69 Å². The van der Waals surface area contributed by atoms with E-state index in [1.807, 2.05) is 13.8 Å². The monoisotopic (exact) mass is 365 g/mol. The number of aromatic nitrogens is 2. The van der Waals surface area contributed by atoms with Crippen molar-refractivity contribution in [1.29, 1.82) is 0 Å². The summed E-state index contributed by atoms with van der Waals surface area (Å²) in [6, 6.07) is 5.00. The number of amides is 1. The van der Waals surface area contributed by atoms with Crippen LogP contribution < -0.4 is 0 Å². The quantitative estimate of drug-likeness (QED) is 0.819. The number of rotatable bonds is 7. The van der Waals surface area contributed by atoms with Crippen molar-refractivity contribution in [3.63, 3.8) is 0 Å². The van der Waals surface area contributed by atoms with Gasteiger partial charge < -0.3 is 10.0 Å². The Bertz CT molecular complexity index is 818. The van der Waals surface area contributed by atoms with Gasteiger partial charge in [-0.3, -0.25) is 14.3 Å². The third-order valence-corrected chi connectivity index (χ3v) is 3.95. The number of aryl methyl sites for hydroxylation is 1. The molecule has 0 fully saturated rings. The van der Waals surface area contributed by atoms with E-state index in [2.05, 4.69) is 5.10 Å². The van der Waals surface area contributed by atoms with E-state index in [0.29, 0.717) is 11.3 Å². The van der Waals surface area contributed by atoms with Crippen molar-refractivity contribution in [2.45, 2.75) is 32.7 Å². The number of halogens is 2. The summed E-state index contributed by atoms with van der Waals surface area (Å²) < 4.78 is 28.0. The fourth-order valence-corrected chi connectivity index (χ4v) is 2.48. The molecule has 0 aliphatic heterocycles. The van der Waals surface area contributed by atoms with E-state index in [1.54, 1.807) is 13.1 Å². The molecular weight excluding hydrogens is 344 g/mol. The minimum Gasteiger partial charge on any atom is -0.481 e. The van der Waals surface area contributed by atoms with Crippen LogP contribution in [-0.4, -0.2) is 38.2 Å². The molecule has 140 valence electrons. The molecule has 2 aromatic rings. The molecule has 0 unspecified atom stereocenters. The van der Waals surface area contributed by atoms with Crippen LogP contribution >= 0.6 is 0 Å². The second-order valence-electron chi connectivity index (χ2n) is 6.35. The first-order valence-electron chi connectivity index (χ1n) is 8.18. The molecule has 0 atom stereocenters. The zero-order valence-electron chi connectivity index (χ0n) is 14.9. The van der Waals surface area contributed by atoms with Crippen molar-refractivity contribution in [3.8, 4) is 0 Å². The summed E-state index contributed by atoms with van der Waals surface area (Å²) in [6.45, 7) is 3.79. The Balaban J connectivity index is 2.29. The van der Waals surface area contributed by atoms with Crippen molar-refractivity contribution in [2.24, 2.45) is 7.05 Å². The molecule has 1 aromatic heterocycles. The van der Waals surface area contributed by atoms with Crippen LogP contribution in [0.2, 0.25) is 0 Å². The number of hydrogen-bond acceptors (Lipinski definition) is 3. The first kappa shape index (κ1) is 19.6. The molecule has 6 nitrogen and oxygen atoms in total. The SMILES string of the molecule is CC(C)c1cc(C(=O)N(CCC(=O)O)Cc2ccc(F)c(F)c2)n(C)n1. The molecule has 26 heavy (non-hydrogen) atoms. The molecule has 0 aliphatic rings. The van der Waals surface area contributed by atoms with Gasteiger partial charge in [0.2, 0.25) is 0 Å². The van der Waals surface area contributed by atoms with Gasteiger partial charge >= 0.3 is 5.97 Å². The molecule has 0 saturated heterocycles. The van der Waals surface area contributed by atoms with E-state index in [1.165, 1.54) is 15.6 Å². The number of benzene rings is 1. The van der Waals surface area contributed by atoms with Crippen molar-refractivity contribution in [2.75, 3.05) is 6.54 Å². The Morgan fingerprint density at radius 2 is 1.92 bits per heavy atom. The lowest BCUT2D eigenvalue weighted by Gasteiger charge is -2.22. The third-order valence-electron chi connectivity index (χ3n) is 3.95. The third kappa shape index (κ3) is 4.65. The Morgan fingerprint density at radius 1 is 1.23 bits per heavy atom. The number of nitrogens with zero attached hydrogens (tertiary/aromatic N) is 3. The second-order valence-corrected chi connectivity index (χ2v) is 6.35. The molecule has 0 saturated carbocycles. The maximum Gasteiger partial charge on any atom is 0.305 e. The van der Waals surface area contributed by atoms with Crippen LogP contribution in [0.1, 0.15) is 47.9 Å². The Kier molecular flexibility index (Phi) is 6.07. The van der Waals surface area contributed by atoms with Crippen LogP contribution in [0, 0.1) is 11.6 Å². The summed E-state index contributed by atoms with van der Waals surface area (Å²) in [5.41, 5.74) is 1.41. The number of carbonyl (C=O) groups is 2. The highest BCUT2D eigenvalue weighted by molar-refractivity contribution is 5.93. The number of hydrogen-bond donors (Lipinski definition) is 1.